The zero-order valence-corrected chi connectivity index (χ0v) is 18.9. The number of allylic oxidation sites excluding steroid dienone is 1. The van der Waals surface area contributed by atoms with Crippen LogP contribution in [0.3, 0.4) is 0 Å². The Hall–Kier alpha value is -3.28. The second kappa shape index (κ2) is 8.84. The number of ether oxygens (including phenoxy) is 1. The van der Waals surface area contributed by atoms with Crippen LogP contribution in [0, 0.1) is 5.92 Å². The number of nitrogens with zero attached hydrogens (tertiary/aromatic N) is 1. The van der Waals surface area contributed by atoms with Crippen molar-refractivity contribution in [2.75, 3.05) is 23.4 Å². The number of carbonyl (C=O) groups is 2. The zero-order chi connectivity index (χ0) is 22.8. The van der Waals surface area contributed by atoms with E-state index < -0.39 is 5.54 Å². The molecule has 6 heteroatoms. The van der Waals surface area contributed by atoms with Crippen molar-refractivity contribution in [3.8, 4) is 5.75 Å². The van der Waals surface area contributed by atoms with Crippen molar-refractivity contribution in [2.45, 2.75) is 40.2 Å². The highest BCUT2D eigenvalue weighted by Gasteiger charge is 2.27. The molecule has 0 spiro atoms. The summed E-state index contributed by atoms with van der Waals surface area (Å²) in [6, 6.07) is 13.0. The molecule has 3 amide bonds. The first-order chi connectivity index (χ1) is 14.6. The summed E-state index contributed by atoms with van der Waals surface area (Å²) in [6.07, 6.45) is 0. The van der Waals surface area contributed by atoms with Crippen molar-refractivity contribution in [3.63, 3.8) is 0 Å². The largest absolute Gasteiger partial charge is 0.482 e. The Balaban J connectivity index is 1.76. The Labute approximate surface area is 184 Å². The topological polar surface area (TPSA) is 70.7 Å². The molecular formula is C25H31N3O3. The summed E-state index contributed by atoms with van der Waals surface area (Å²) in [7, 11) is 0. The second-order valence-electron chi connectivity index (χ2n) is 8.93. The van der Waals surface area contributed by atoms with Gasteiger partial charge in [0.1, 0.15) is 5.75 Å². The van der Waals surface area contributed by atoms with Gasteiger partial charge in [-0.3, -0.25) is 4.79 Å². The van der Waals surface area contributed by atoms with Crippen molar-refractivity contribution in [1.82, 2.24) is 5.32 Å². The quantitative estimate of drug-likeness (QED) is 0.677. The molecule has 3 rings (SSSR count). The van der Waals surface area contributed by atoms with Gasteiger partial charge in [-0.2, -0.15) is 0 Å². The van der Waals surface area contributed by atoms with Crippen molar-refractivity contribution in [1.29, 1.82) is 0 Å². The highest BCUT2D eigenvalue weighted by molar-refractivity contribution is 5.99. The molecule has 1 heterocycles. The molecule has 0 bridgehead atoms. The minimum absolute atomic E-state index is 0.0322. The first-order valence-corrected chi connectivity index (χ1v) is 10.5. The van der Waals surface area contributed by atoms with Gasteiger partial charge in [0.2, 0.25) is 0 Å². The molecule has 0 saturated heterocycles. The normalized spacial score (nSPS) is 13.5. The Morgan fingerprint density at radius 2 is 1.97 bits per heavy atom. The van der Waals surface area contributed by atoms with Crippen LogP contribution in [0.5, 0.6) is 5.75 Å². The number of hydrogen-bond acceptors (Lipinski definition) is 3. The molecule has 0 saturated carbocycles. The van der Waals surface area contributed by atoms with E-state index in [4.69, 9.17) is 4.74 Å². The van der Waals surface area contributed by atoms with Crippen LogP contribution in [0.2, 0.25) is 0 Å². The molecular weight excluding hydrogens is 390 g/mol. The second-order valence-corrected chi connectivity index (χ2v) is 8.93. The molecule has 1 aliphatic rings. The maximum Gasteiger partial charge on any atom is 0.319 e. The maximum absolute atomic E-state index is 12.8. The van der Waals surface area contributed by atoms with Gasteiger partial charge in [0.25, 0.3) is 5.91 Å². The van der Waals surface area contributed by atoms with Crippen LogP contribution in [-0.2, 0) is 10.3 Å². The van der Waals surface area contributed by atoms with Crippen molar-refractivity contribution < 1.29 is 14.3 Å². The molecule has 0 fully saturated rings. The summed E-state index contributed by atoms with van der Waals surface area (Å²) >= 11 is 0. The van der Waals surface area contributed by atoms with E-state index in [1.165, 1.54) is 0 Å². The van der Waals surface area contributed by atoms with Gasteiger partial charge in [-0.25, -0.2) is 4.79 Å². The summed E-state index contributed by atoms with van der Waals surface area (Å²) in [5.41, 5.74) is 3.67. The summed E-state index contributed by atoms with van der Waals surface area (Å²) < 4.78 is 5.55. The van der Waals surface area contributed by atoms with E-state index in [1.54, 1.807) is 23.1 Å². The number of anilines is 2. The smallest absolute Gasteiger partial charge is 0.319 e. The monoisotopic (exact) mass is 421 g/mol. The van der Waals surface area contributed by atoms with E-state index in [-0.39, 0.29) is 18.5 Å². The fraction of sp³-hybridized carbons (Fsp3) is 0.360. The third-order valence-electron chi connectivity index (χ3n) is 5.21. The number of rotatable bonds is 6. The van der Waals surface area contributed by atoms with Gasteiger partial charge in [-0.1, -0.05) is 44.2 Å². The fourth-order valence-electron chi connectivity index (χ4n) is 3.54. The van der Waals surface area contributed by atoms with E-state index in [1.807, 2.05) is 45.0 Å². The molecule has 0 radical (unpaired) electrons. The van der Waals surface area contributed by atoms with Crippen LogP contribution in [0.4, 0.5) is 16.2 Å². The predicted octanol–water partition coefficient (Wildman–Crippen LogP) is 5.16. The molecule has 0 aliphatic carbocycles. The Morgan fingerprint density at radius 3 is 2.65 bits per heavy atom. The van der Waals surface area contributed by atoms with Crippen LogP contribution in [0.25, 0.3) is 5.57 Å². The average molecular weight is 422 g/mol. The standard InChI is InChI=1S/C25H31N3O3/c1-16(2)14-28-21-13-20(10-11-22(21)31-15-23(28)29)26-24(30)27-25(5,6)19-9-7-8-18(12-19)17(3)4/h7-13,16H,3,14-15H2,1-2,4-6H3,(H2,26,27,30). The average Bonchev–Trinajstić information content (AvgIpc) is 2.69. The molecule has 6 nitrogen and oxygen atoms in total. The number of fused-ring (bicyclic) bond motifs is 1. The zero-order valence-electron chi connectivity index (χ0n) is 18.9. The highest BCUT2D eigenvalue weighted by atomic mass is 16.5. The lowest BCUT2D eigenvalue weighted by Crippen LogP contribution is -2.43. The lowest BCUT2D eigenvalue weighted by atomic mass is 9.92. The van der Waals surface area contributed by atoms with Crippen LogP contribution < -0.4 is 20.3 Å². The van der Waals surface area contributed by atoms with Gasteiger partial charge >= 0.3 is 6.03 Å². The Bertz CT molecular complexity index is 1010. The minimum atomic E-state index is -0.591. The third kappa shape index (κ3) is 5.26. The number of nitrogens with one attached hydrogen (secondary N) is 2. The van der Waals surface area contributed by atoms with Crippen LogP contribution in [0.1, 0.15) is 45.7 Å². The molecule has 0 aromatic heterocycles. The first-order valence-electron chi connectivity index (χ1n) is 10.5. The van der Waals surface area contributed by atoms with E-state index in [0.29, 0.717) is 29.6 Å². The molecule has 31 heavy (non-hydrogen) atoms. The van der Waals surface area contributed by atoms with E-state index in [9.17, 15) is 9.59 Å². The van der Waals surface area contributed by atoms with E-state index in [2.05, 4.69) is 31.1 Å². The van der Waals surface area contributed by atoms with E-state index >= 15 is 0 Å². The summed E-state index contributed by atoms with van der Waals surface area (Å²) in [4.78, 5) is 26.8. The Morgan fingerprint density at radius 1 is 1.23 bits per heavy atom. The first kappa shape index (κ1) is 22.4. The van der Waals surface area contributed by atoms with Gasteiger partial charge in [0.05, 0.1) is 11.2 Å². The third-order valence-corrected chi connectivity index (χ3v) is 5.21. The molecule has 0 unspecified atom stereocenters. The van der Waals surface area contributed by atoms with Gasteiger partial charge in [0.15, 0.2) is 6.61 Å². The lowest BCUT2D eigenvalue weighted by Gasteiger charge is -2.31. The lowest BCUT2D eigenvalue weighted by molar-refractivity contribution is -0.121. The molecule has 0 atom stereocenters. The van der Waals surface area contributed by atoms with Gasteiger partial charge < -0.3 is 20.3 Å². The summed E-state index contributed by atoms with van der Waals surface area (Å²) in [6.45, 7) is 14.6. The molecule has 2 aromatic rings. The van der Waals surface area contributed by atoms with Crippen LogP contribution in [-0.4, -0.2) is 25.1 Å². The van der Waals surface area contributed by atoms with Crippen molar-refractivity contribution in [3.05, 3.63) is 60.2 Å². The van der Waals surface area contributed by atoms with Gasteiger partial charge in [0, 0.05) is 12.2 Å². The highest BCUT2D eigenvalue weighted by Crippen LogP contribution is 2.35. The maximum atomic E-state index is 12.8. The SMILES string of the molecule is C=C(C)c1cccc(C(C)(C)NC(=O)Nc2ccc3c(c2)N(CC(C)C)C(=O)CO3)c1. The van der Waals surface area contributed by atoms with Gasteiger partial charge in [-0.05, 0) is 62.1 Å². The number of hydrogen-bond donors (Lipinski definition) is 2. The minimum Gasteiger partial charge on any atom is -0.482 e. The number of amides is 3. The van der Waals surface area contributed by atoms with Crippen LogP contribution >= 0.6 is 0 Å². The molecule has 1 aliphatic heterocycles. The van der Waals surface area contributed by atoms with Crippen molar-refractivity contribution >= 4 is 28.9 Å². The number of carbonyl (C=O) groups excluding carboxylic acids is 2. The van der Waals surface area contributed by atoms with Gasteiger partial charge in [-0.15, -0.1) is 0 Å². The molecule has 2 aromatic carbocycles. The molecule has 2 N–H and O–H groups in total. The summed E-state index contributed by atoms with van der Waals surface area (Å²) in [5, 5.41) is 5.91. The summed E-state index contributed by atoms with van der Waals surface area (Å²) in [5.74, 6) is 0.870. The van der Waals surface area contributed by atoms with E-state index in [0.717, 1.165) is 16.7 Å². The van der Waals surface area contributed by atoms with Crippen LogP contribution in [0.15, 0.2) is 49.0 Å². The van der Waals surface area contributed by atoms with Crippen molar-refractivity contribution in [2.24, 2.45) is 5.92 Å². The molecule has 164 valence electrons. The Kier molecular flexibility index (Phi) is 6.39. The number of benzene rings is 2. The number of urea groups is 1. The fourth-order valence-corrected chi connectivity index (χ4v) is 3.54. The predicted molar refractivity (Wildman–Crippen MR) is 125 cm³/mol.